The Morgan fingerprint density at radius 2 is 2.33 bits per heavy atom. The van der Waals surface area contributed by atoms with Gasteiger partial charge in [-0.05, 0) is 25.0 Å². The summed E-state index contributed by atoms with van der Waals surface area (Å²) in [5, 5.41) is 1.02. The molecule has 53 valence electrons. The summed E-state index contributed by atoms with van der Waals surface area (Å²) >= 11 is 2.13. The minimum Gasteiger partial charge on any atom is -0.158 e. The van der Waals surface area contributed by atoms with E-state index in [-0.39, 0.29) is 0 Å². The average Bonchev–Trinajstić information content (AvgIpc) is 1.76. The first-order chi connectivity index (χ1) is 4.43. The minimum absolute atomic E-state index is 1.02. The van der Waals surface area contributed by atoms with Crippen molar-refractivity contribution in [2.24, 2.45) is 0 Å². The molecule has 0 bridgehead atoms. The lowest BCUT2D eigenvalue weighted by molar-refractivity contribution is 0.522. The summed E-state index contributed by atoms with van der Waals surface area (Å²) in [6.45, 7) is 2.21. The monoisotopic (exact) mass is 143 g/mol. The highest BCUT2D eigenvalue weighted by atomic mass is 32.2. The van der Waals surface area contributed by atoms with Crippen LogP contribution >= 0.6 is 11.8 Å². The number of thioether (sulfide) groups is 1. The topological polar surface area (TPSA) is 0 Å². The summed E-state index contributed by atoms with van der Waals surface area (Å²) in [5.74, 6) is 1.28. The van der Waals surface area contributed by atoms with Crippen molar-refractivity contribution in [1.29, 1.82) is 0 Å². The Balaban J connectivity index is 1.80. The highest BCUT2D eigenvalue weighted by Crippen LogP contribution is 2.31. The molecule has 0 aromatic carbocycles. The van der Waals surface area contributed by atoms with Gasteiger partial charge in [-0.25, -0.2) is 0 Å². The van der Waals surface area contributed by atoms with Crippen molar-refractivity contribution in [3.63, 3.8) is 0 Å². The number of hydrogen-bond donors (Lipinski definition) is 0. The van der Waals surface area contributed by atoms with Gasteiger partial charge in [-0.15, -0.1) is 0 Å². The normalized spacial score (nSPS) is 19.7. The molecule has 0 aromatic rings. The first kappa shape index (κ1) is 7.46. The van der Waals surface area contributed by atoms with Crippen LogP contribution in [-0.4, -0.2) is 11.0 Å². The van der Waals surface area contributed by atoms with Crippen LogP contribution in [0.25, 0.3) is 0 Å². The molecule has 0 N–H and O–H groups in total. The lowest BCUT2D eigenvalue weighted by atomic mass is 10.0. The molecule has 0 heterocycles. The maximum absolute atomic E-state index is 2.36. The van der Waals surface area contributed by atoms with Gasteiger partial charge in [0, 0.05) is 5.25 Å². The van der Waals surface area contributed by atoms with Crippen molar-refractivity contribution in [2.75, 3.05) is 5.75 Å². The SMILES string of the molecule is CC[CH]CSC1CCC1. The van der Waals surface area contributed by atoms with Crippen LogP contribution in [0, 0.1) is 6.42 Å². The van der Waals surface area contributed by atoms with E-state index >= 15 is 0 Å². The molecule has 0 saturated heterocycles. The van der Waals surface area contributed by atoms with Crippen LogP contribution in [0.3, 0.4) is 0 Å². The summed E-state index contributed by atoms with van der Waals surface area (Å²) in [7, 11) is 0. The van der Waals surface area contributed by atoms with Crippen LogP contribution in [0.5, 0.6) is 0 Å². The van der Waals surface area contributed by atoms with Gasteiger partial charge in [-0.3, -0.25) is 0 Å². The number of rotatable bonds is 4. The van der Waals surface area contributed by atoms with Crippen molar-refractivity contribution < 1.29 is 0 Å². The Bertz CT molecular complexity index is 67.0. The third-order valence-electron chi connectivity index (χ3n) is 1.79. The summed E-state index contributed by atoms with van der Waals surface area (Å²) in [6.07, 6.45) is 8.02. The molecule has 1 heteroatoms. The van der Waals surface area contributed by atoms with E-state index in [1.807, 2.05) is 0 Å². The van der Waals surface area contributed by atoms with E-state index in [4.69, 9.17) is 0 Å². The van der Waals surface area contributed by atoms with E-state index in [1.54, 1.807) is 0 Å². The molecule has 0 spiro atoms. The second-order valence-electron chi connectivity index (χ2n) is 2.58. The maximum Gasteiger partial charge on any atom is 0.00471 e. The summed E-state index contributed by atoms with van der Waals surface area (Å²) in [4.78, 5) is 0. The van der Waals surface area contributed by atoms with Crippen molar-refractivity contribution in [2.45, 2.75) is 37.9 Å². The summed E-state index contributed by atoms with van der Waals surface area (Å²) < 4.78 is 0. The molecule has 1 aliphatic rings. The quantitative estimate of drug-likeness (QED) is 0.545. The predicted molar refractivity (Wildman–Crippen MR) is 44.7 cm³/mol. The first-order valence-electron chi connectivity index (χ1n) is 3.86. The second-order valence-corrected chi connectivity index (χ2v) is 3.92. The van der Waals surface area contributed by atoms with Gasteiger partial charge < -0.3 is 0 Å². The summed E-state index contributed by atoms with van der Waals surface area (Å²) in [6, 6.07) is 0. The molecule has 0 aromatic heterocycles. The van der Waals surface area contributed by atoms with Gasteiger partial charge in [0.15, 0.2) is 0 Å². The van der Waals surface area contributed by atoms with Gasteiger partial charge >= 0.3 is 0 Å². The van der Waals surface area contributed by atoms with E-state index < -0.39 is 0 Å². The van der Waals surface area contributed by atoms with Gasteiger partial charge in [-0.2, -0.15) is 11.8 Å². The predicted octanol–water partition coefficient (Wildman–Crippen LogP) is 2.89. The van der Waals surface area contributed by atoms with E-state index in [9.17, 15) is 0 Å². The fourth-order valence-corrected chi connectivity index (χ4v) is 2.17. The van der Waals surface area contributed by atoms with E-state index in [2.05, 4.69) is 25.1 Å². The zero-order chi connectivity index (χ0) is 6.53. The molecule has 9 heavy (non-hydrogen) atoms. The van der Waals surface area contributed by atoms with Gasteiger partial charge in [0.2, 0.25) is 0 Å². The Hall–Kier alpha value is 0.350. The average molecular weight is 143 g/mol. The Morgan fingerprint density at radius 1 is 1.56 bits per heavy atom. The fourth-order valence-electron chi connectivity index (χ4n) is 0.859. The fraction of sp³-hybridized carbons (Fsp3) is 0.875. The van der Waals surface area contributed by atoms with Crippen LogP contribution in [0.1, 0.15) is 32.6 Å². The molecule has 1 saturated carbocycles. The molecule has 0 amide bonds. The van der Waals surface area contributed by atoms with Crippen LogP contribution in [0.15, 0.2) is 0 Å². The van der Waals surface area contributed by atoms with E-state index in [1.165, 1.54) is 31.4 Å². The number of unbranched alkanes of at least 4 members (excludes halogenated alkanes) is 1. The molecule has 0 unspecified atom stereocenters. The molecule has 1 rings (SSSR count). The standard InChI is InChI=1S/C8H15S/c1-2-3-7-9-8-5-4-6-8/h3,8H,2,4-7H2,1H3. The van der Waals surface area contributed by atoms with Crippen molar-refractivity contribution in [3.05, 3.63) is 6.42 Å². The zero-order valence-electron chi connectivity index (χ0n) is 6.10. The summed E-state index contributed by atoms with van der Waals surface area (Å²) in [5.41, 5.74) is 0. The highest BCUT2D eigenvalue weighted by Gasteiger charge is 2.16. The third-order valence-corrected chi connectivity index (χ3v) is 3.16. The Kier molecular flexibility index (Phi) is 3.49. The molecule has 0 nitrogen and oxygen atoms in total. The molecule has 0 aliphatic heterocycles. The van der Waals surface area contributed by atoms with Crippen LogP contribution in [0.2, 0.25) is 0 Å². The molecule has 0 atom stereocenters. The third kappa shape index (κ3) is 2.61. The highest BCUT2D eigenvalue weighted by molar-refractivity contribution is 8.00. The minimum atomic E-state index is 1.02. The zero-order valence-corrected chi connectivity index (χ0v) is 6.91. The van der Waals surface area contributed by atoms with Crippen LogP contribution < -0.4 is 0 Å². The first-order valence-corrected chi connectivity index (χ1v) is 4.91. The largest absolute Gasteiger partial charge is 0.158 e. The number of hydrogen-bond acceptors (Lipinski definition) is 1. The molecule has 1 fully saturated rings. The van der Waals surface area contributed by atoms with Gasteiger partial charge in [0.05, 0.1) is 0 Å². The Morgan fingerprint density at radius 3 is 2.78 bits per heavy atom. The second kappa shape index (κ2) is 4.21. The molecule has 1 aliphatic carbocycles. The van der Waals surface area contributed by atoms with Crippen LogP contribution in [0.4, 0.5) is 0 Å². The van der Waals surface area contributed by atoms with Gasteiger partial charge in [0.25, 0.3) is 0 Å². The van der Waals surface area contributed by atoms with Crippen molar-refractivity contribution in [3.8, 4) is 0 Å². The van der Waals surface area contributed by atoms with E-state index in [0.717, 1.165) is 5.25 Å². The van der Waals surface area contributed by atoms with Crippen molar-refractivity contribution >= 4 is 11.8 Å². The van der Waals surface area contributed by atoms with Crippen molar-refractivity contribution in [1.82, 2.24) is 0 Å². The van der Waals surface area contributed by atoms with E-state index in [0.29, 0.717) is 0 Å². The lowest BCUT2D eigenvalue weighted by Gasteiger charge is -2.24. The maximum atomic E-state index is 2.36. The smallest absolute Gasteiger partial charge is 0.00471 e. The van der Waals surface area contributed by atoms with Gasteiger partial charge in [0.1, 0.15) is 0 Å². The lowest BCUT2D eigenvalue weighted by Crippen LogP contribution is -2.13. The molecular weight excluding hydrogens is 128 g/mol. The Labute approximate surface area is 62.4 Å². The van der Waals surface area contributed by atoms with Gasteiger partial charge in [-0.1, -0.05) is 19.8 Å². The molecule has 1 radical (unpaired) electrons. The van der Waals surface area contributed by atoms with Crippen LogP contribution in [-0.2, 0) is 0 Å². The molecular formula is C8H15S.